The molecule has 2 aliphatic heterocycles. The fourth-order valence-electron chi connectivity index (χ4n) is 3.57. The number of hydrogen-bond donors (Lipinski definition) is 1. The van der Waals surface area contributed by atoms with E-state index in [1.54, 1.807) is 0 Å². The average molecular weight is 406 g/mol. The van der Waals surface area contributed by atoms with Crippen molar-refractivity contribution in [2.75, 3.05) is 26.2 Å². The molecule has 1 aromatic rings. The van der Waals surface area contributed by atoms with Crippen molar-refractivity contribution < 1.29 is 31.1 Å². The number of carbonyl (C=O) groups is 1. The Morgan fingerprint density at radius 2 is 1.74 bits per heavy atom. The zero-order valence-corrected chi connectivity index (χ0v) is 15.4. The smallest absolute Gasteiger partial charge is 0.420 e. The summed E-state index contributed by atoms with van der Waals surface area (Å²) in [5, 5.41) is 2.74. The van der Waals surface area contributed by atoms with E-state index >= 15 is 0 Å². The van der Waals surface area contributed by atoms with E-state index in [9.17, 15) is 26.4 Å². The van der Waals surface area contributed by atoms with Gasteiger partial charge in [-0.2, -0.15) is 13.2 Å². The number of ether oxygens (including phenoxy) is 1. The van der Waals surface area contributed by atoms with Crippen LogP contribution in [0.15, 0.2) is 29.2 Å². The van der Waals surface area contributed by atoms with Gasteiger partial charge in [0.05, 0.1) is 10.1 Å². The molecule has 0 bridgehead atoms. The van der Waals surface area contributed by atoms with Crippen LogP contribution in [-0.2, 0) is 14.6 Å². The topological polar surface area (TPSA) is 75.7 Å². The molecule has 0 aliphatic carbocycles. The molecule has 10 heteroatoms. The Labute approximate surface area is 155 Å². The highest BCUT2D eigenvalue weighted by molar-refractivity contribution is 7.92. The number of nitrogens with zero attached hydrogens (tertiary/aromatic N) is 1. The van der Waals surface area contributed by atoms with Gasteiger partial charge in [0.1, 0.15) is 5.75 Å². The van der Waals surface area contributed by atoms with E-state index in [0.717, 1.165) is 44.6 Å². The summed E-state index contributed by atoms with van der Waals surface area (Å²) >= 11 is 0. The number of alkyl halides is 3. The van der Waals surface area contributed by atoms with E-state index < -0.39 is 27.2 Å². The first-order valence-corrected chi connectivity index (χ1v) is 10.3. The molecule has 2 heterocycles. The predicted octanol–water partition coefficient (Wildman–Crippen LogP) is 1.75. The van der Waals surface area contributed by atoms with Gasteiger partial charge in [-0.3, -0.25) is 4.90 Å². The quantitative estimate of drug-likeness (QED) is 0.607. The minimum Gasteiger partial charge on any atom is -0.420 e. The van der Waals surface area contributed by atoms with Gasteiger partial charge in [-0.15, -0.1) is 0 Å². The highest BCUT2D eigenvalue weighted by atomic mass is 32.2. The van der Waals surface area contributed by atoms with Gasteiger partial charge in [-0.05, 0) is 63.2 Å². The largest absolute Gasteiger partial charge is 0.491 e. The Balaban J connectivity index is 1.65. The van der Waals surface area contributed by atoms with Crippen molar-refractivity contribution in [3.05, 3.63) is 24.3 Å². The van der Waals surface area contributed by atoms with Crippen molar-refractivity contribution in [3.63, 3.8) is 0 Å². The molecule has 3 rings (SSSR count). The second-order valence-electron chi connectivity index (χ2n) is 6.79. The van der Waals surface area contributed by atoms with Crippen molar-refractivity contribution >= 4 is 15.8 Å². The zero-order chi connectivity index (χ0) is 19.7. The van der Waals surface area contributed by atoms with Crippen LogP contribution in [0.5, 0.6) is 5.75 Å². The van der Waals surface area contributed by atoms with E-state index in [4.69, 9.17) is 0 Å². The molecule has 27 heavy (non-hydrogen) atoms. The normalized spacial score (nSPS) is 22.7. The minimum atomic E-state index is -5.10. The molecule has 1 N–H and O–H groups in total. The zero-order valence-electron chi connectivity index (χ0n) is 14.5. The van der Waals surface area contributed by atoms with Crippen LogP contribution in [-0.4, -0.2) is 62.9 Å². The first-order chi connectivity index (χ1) is 12.7. The molecular weight excluding hydrogens is 385 g/mol. The maximum atomic E-state index is 12.8. The molecule has 0 amide bonds. The maximum Gasteiger partial charge on any atom is 0.491 e. The summed E-state index contributed by atoms with van der Waals surface area (Å²) in [7, 11) is -3.60. The van der Waals surface area contributed by atoms with Gasteiger partial charge in [0.15, 0.2) is 9.84 Å². The molecule has 0 radical (unpaired) electrons. The lowest BCUT2D eigenvalue weighted by molar-refractivity contribution is -0.189. The number of rotatable bonds is 4. The second-order valence-corrected chi connectivity index (χ2v) is 9.02. The molecule has 0 saturated carbocycles. The summed E-state index contributed by atoms with van der Waals surface area (Å²) in [5.74, 6) is -2.69. The van der Waals surface area contributed by atoms with Crippen LogP contribution in [0.25, 0.3) is 0 Å². The number of halogens is 3. The van der Waals surface area contributed by atoms with E-state index in [1.807, 2.05) is 0 Å². The maximum absolute atomic E-state index is 12.8. The lowest BCUT2D eigenvalue weighted by Crippen LogP contribution is -2.42. The first-order valence-electron chi connectivity index (χ1n) is 8.75. The summed E-state index contributed by atoms with van der Waals surface area (Å²) < 4.78 is 66.5. The Kier molecular flexibility index (Phi) is 5.78. The SMILES string of the molecule is O=C(Oc1ccc(S(=O)(=O)C2CCN(C3CCNCC3)C2)cc1)C(F)(F)F. The van der Waals surface area contributed by atoms with Crippen LogP contribution in [0.1, 0.15) is 19.3 Å². The molecule has 150 valence electrons. The Morgan fingerprint density at radius 3 is 2.33 bits per heavy atom. The molecule has 1 aromatic carbocycles. The lowest BCUT2D eigenvalue weighted by atomic mass is 10.1. The van der Waals surface area contributed by atoms with Crippen LogP contribution in [0.2, 0.25) is 0 Å². The van der Waals surface area contributed by atoms with E-state index in [1.165, 1.54) is 12.1 Å². The summed E-state index contributed by atoms with van der Waals surface area (Å²) in [6.45, 7) is 3.03. The average Bonchev–Trinajstić information content (AvgIpc) is 3.13. The van der Waals surface area contributed by atoms with Gasteiger partial charge in [0.2, 0.25) is 0 Å². The summed E-state index contributed by atoms with van der Waals surface area (Å²) in [6.07, 6.45) is -2.60. The van der Waals surface area contributed by atoms with E-state index in [2.05, 4.69) is 15.0 Å². The Bertz CT molecular complexity index is 774. The highest BCUT2D eigenvalue weighted by Crippen LogP contribution is 2.28. The van der Waals surface area contributed by atoms with Gasteiger partial charge < -0.3 is 10.1 Å². The lowest BCUT2D eigenvalue weighted by Gasteiger charge is -2.31. The summed E-state index contributed by atoms with van der Waals surface area (Å²) in [6, 6.07) is 4.88. The Hall–Kier alpha value is -1.65. The van der Waals surface area contributed by atoms with Gasteiger partial charge in [0.25, 0.3) is 0 Å². The van der Waals surface area contributed by atoms with Crippen LogP contribution >= 0.6 is 0 Å². The van der Waals surface area contributed by atoms with Crippen molar-refractivity contribution in [2.45, 2.75) is 41.6 Å². The van der Waals surface area contributed by atoms with Crippen LogP contribution < -0.4 is 10.1 Å². The van der Waals surface area contributed by atoms with Crippen LogP contribution in [0, 0.1) is 0 Å². The van der Waals surface area contributed by atoms with Crippen molar-refractivity contribution in [2.24, 2.45) is 0 Å². The van der Waals surface area contributed by atoms with E-state index in [0.29, 0.717) is 19.0 Å². The second kappa shape index (κ2) is 7.76. The first kappa shape index (κ1) is 20.1. The molecule has 6 nitrogen and oxygen atoms in total. The third-order valence-corrected chi connectivity index (χ3v) is 7.23. The molecule has 1 unspecified atom stereocenters. The summed E-state index contributed by atoms with van der Waals surface area (Å²) in [5.41, 5.74) is 0. The standard InChI is InChI=1S/C17H21F3N2O4S/c18-17(19,20)16(23)26-13-1-3-14(4-2-13)27(24,25)15-7-10-22(11-15)12-5-8-21-9-6-12/h1-4,12,15,21H,5-11H2. The highest BCUT2D eigenvalue weighted by Gasteiger charge is 2.41. The van der Waals surface area contributed by atoms with Crippen LogP contribution in [0.4, 0.5) is 13.2 Å². The minimum absolute atomic E-state index is 0.0199. The number of sulfone groups is 1. The fraction of sp³-hybridized carbons (Fsp3) is 0.588. The molecule has 0 spiro atoms. The molecule has 1 atom stereocenters. The van der Waals surface area contributed by atoms with Gasteiger partial charge in [-0.25, -0.2) is 13.2 Å². The molecule has 0 aromatic heterocycles. The summed E-state index contributed by atoms with van der Waals surface area (Å²) in [4.78, 5) is 13.1. The molecule has 2 saturated heterocycles. The van der Waals surface area contributed by atoms with Gasteiger partial charge in [0, 0.05) is 12.6 Å². The number of esters is 1. The number of likely N-dealkylation sites (tertiary alicyclic amines) is 1. The van der Waals surface area contributed by atoms with Gasteiger partial charge >= 0.3 is 12.1 Å². The van der Waals surface area contributed by atoms with Crippen molar-refractivity contribution in [1.29, 1.82) is 0 Å². The predicted molar refractivity (Wildman–Crippen MR) is 91.2 cm³/mol. The number of nitrogens with one attached hydrogen (secondary N) is 1. The molecule has 2 fully saturated rings. The van der Waals surface area contributed by atoms with Crippen molar-refractivity contribution in [3.8, 4) is 5.75 Å². The monoisotopic (exact) mass is 406 g/mol. The third-order valence-electron chi connectivity index (χ3n) is 5.03. The molecule has 2 aliphatic rings. The number of carbonyl (C=O) groups excluding carboxylic acids is 1. The number of benzene rings is 1. The van der Waals surface area contributed by atoms with Gasteiger partial charge in [-0.1, -0.05) is 0 Å². The number of hydrogen-bond acceptors (Lipinski definition) is 6. The van der Waals surface area contributed by atoms with Crippen molar-refractivity contribution in [1.82, 2.24) is 10.2 Å². The van der Waals surface area contributed by atoms with Crippen LogP contribution in [0.3, 0.4) is 0 Å². The van der Waals surface area contributed by atoms with E-state index in [-0.39, 0.29) is 10.6 Å². The fourth-order valence-corrected chi connectivity index (χ4v) is 5.27. The molecular formula is C17H21F3N2O4S. The Morgan fingerprint density at radius 1 is 1.11 bits per heavy atom. The number of piperidine rings is 1. The third kappa shape index (κ3) is 4.61.